The summed E-state index contributed by atoms with van der Waals surface area (Å²) in [5, 5.41) is 7.25. The van der Waals surface area contributed by atoms with Gasteiger partial charge in [-0.1, -0.05) is 0 Å². The molecule has 1 saturated heterocycles. The van der Waals surface area contributed by atoms with Gasteiger partial charge in [0, 0.05) is 32.4 Å². The number of benzene rings is 1. The summed E-state index contributed by atoms with van der Waals surface area (Å²) in [7, 11) is 1.60. The average Bonchev–Trinajstić information content (AvgIpc) is 3.18. The van der Waals surface area contributed by atoms with E-state index in [0.29, 0.717) is 37.7 Å². The number of alkyl halides is 3. The molecular weight excluding hydrogens is 437 g/mol. The lowest BCUT2D eigenvalue weighted by atomic mass is 10.2. The van der Waals surface area contributed by atoms with Gasteiger partial charge in [0.1, 0.15) is 11.6 Å². The fourth-order valence-corrected chi connectivity index (χ4v) is 3.59. The van der Waals surface area contributed by atoms with Gasteiger partial charge >= 0.3 is 12.2 Å². The lowest BCUT2D eigenvalue weighted by Gasteiger charge is -2.35. The number of nitrogens with zero attached hydrogens (tertiary/aromatic N) is 5. The summed E-state index contributed by atoms with van der Waals surface area (Å²) in [6.07, 6.45) is -1.99. The van der Waals surface area contributed by atoms with Gasteiger partial charge in [-0.25, -0.2) is 14.5 Å². The van der Waals surface area contributed by atoms with Crippen molar-refractivity contribution in [3.05, 3.63) is 60.0 Å². The SMILES string of the molecule is COc1ccc(-n2ncc(NC(=O)N3CCN(c4ccc(C(F)(F)F)cn4)CC3)c2C)cc1. The van der Waals surface area contributed by atoms with E-state index in [1.807, 2.05) is 36.1 Å². The number of pyridine rings is 1. The van der Waals surface area contributed by atoms with Crippen LogP contribution in [0.5, 0.6) is 5.75 Å². The number of hydrogen-bond acceptors (Lipinski definition) is 5. The average molecular weight is 460 g/mol. The van der Waals surface area contributed by atoms with Crippen molar-refractivity contribution in [3.63, 3.8) is 0 Å². The molecule has 0 radical (unpaired) electrons. The van der Waals surface area contributed by atoms with Gasteiger partial charge in [-0.2, -0.15) is 18.3 Å². The number of carbonyl (C=O) groups is 1. The molecule has 1 aliphatic rings. The van der Waals surface area contributed by atoms with Crippen LogP contribution in [0.2, 0.25) is 0 Å². The summed E-state index contributed by atoms with van der Waals surface area (Å²) in [5.41, 5.74) is 1.44. The Morgan fingerprint density at radius 2 is 1.73 bits per heavy atom. The van der Waals surface area contributed by atoms with Crippen LogP contribution in [0.1, 0.15) is 11.3 Å². The monoisotopic (exact) mass is 460 g/mol. The fourth-order valence-electron chi connectivity index (χ4n) is 3.59. The highest BCUT2D eigenvalue weighted by Crippen LogP contribution is 2.29. The molecule has 1 fully saturated rings. The second kappa shape index (κ2) is 9.00. The van der Waals surface area contributed by atoms with E-state index < -0.39 is 11.7 Å². The quantitative estimate of drug-likeness (QED) is 0.638. The molecule has 2 amide bonds. The van der Waals surface area contributed by atoms with E-state index in [4.69, 9.17) is 4.74 Å². The molecule has 11 heteroatoms. The molecule has 1 aliphatic heterocycles. The van der Waals surface area contributed by atoms with Crippen LogP contribution >= 0.6 is 0 Å². The molecule has 1 N–H and O–H groups in total. The first-order valence-electron chi connectivity index (χ1n) is 10.3. The van der Waals surface area contributed by atoms with E-state index in [2.05, 4.69) is 15.4 Å². The first-order valence-corrected chi connectivity index (χ1v) is 10.3. The van der Waals surface area contributed by atoms with Gasteiger partial charge in [0.2, 0.25) is 0 Å². The Morgan fingerprint density at radius 1 is 1.03 bits per heavy atom. The second-order valence-electron chi connectivity index (χ2n) is 7.56. The number of nitrogens with one attached hydrogen (secondary N) is 1. The number of methoxy groups -OCH3 is 1. The molecule has 0 spiro atoms. The van der Waals surface area contributed by atoms with Gasteiger partial charge in [0.05, 0.1) is 35.9 Å². The van der Waals surface area contributed by atoms with Crippen molar-refractivity contribution in [2.75, 3.05) is 43.5 Å². The Balaban J connectivity index is 1.35. The molecule has 3 heterocycles. The molecular formula is C22H23F3N6O2. The summed E-state index contributed by atoms with van der Waals surface area (Å²) in [4.78, 5) is 20.2. The van der Waals surface area contributed by atoms with E-state index >= 15 is 0 Å². The van der Waals surface area contributed by atoms with Crippen molar-refractivity contribution in [1.29, 1.82) is 0 Å². The minimum atomic E-state index is -4.42. The van der Waals surface area contributed by atoms with Gasteiger partial charge in [-0.3, -0.25) is 0 Å². The van der Waals surface area contributed by atoms with Crippen LogP contribution in [0, 0.1) is 6.92 Å². The molecule has 0 aliphatic carbocycles. The maximum absolute atomic E-state index is 12.7. The number of rotatable bonds is 4. The van der Waals surface area contributed by atoms with Crippen molar-refractivity contribution in [1.82, 2.24) is 19.7 Å². The molecule has 33 heavy (non-hydrogen) atoms. The van der Waals surface area contributed by atoms with Crippen LogP contribution in [-0.2, 0) is 6.18 Å². The maximum Gasteiger partial charge on any atom is 0.417 e. The van der Waals surface area contributed by atoms with Crippen LogP contribution in [0.3, 0.4) is 0 Å². The number of anilines is 2. The summed E-state index contributed by atoms with van der Waals surface area (Å²) in [6.45, 7) is 3.63. The third kappa shape index (κ3) is 4.86. The molecule has 8 nitrogen and oxygen atoms in total. The number of urea groups is 1. The van der Waals surface area contributed by atoms with Crippen molar-refractivity contribution < 1.29 is 22.7 Å². The van der Waals surface area contributed by atoms with E-state index in [-0.39, 0.29) is 6.03 Å². The van der Waals surface area contributed by atoms with Crippen LogP contribution in [-0.4, -0.2) is 59.0 Å². The van der Waals surface area contributed by atoms with Gasteiger partial charge in [0.25, 0.3) is 0 Å². The fraction of sp³-hybridized carbons (Fsp3) is 0.318. The molecule has 0 saturated carbocycles. The third-order valence-corrected chi connectivity index (χ3v) is 5.53. The van der Waals surface area contributed by atoms with Gasteiger partial charge in [-0.15, -0.1) is 0 Å². The molecule has 4 rings (SSSR count). The van der Waals surface area contributed by atoms with Crippen molar-refractivity contribution in [2.24, 2.45) is 0 Å². The van der Waals surface area contributed by atoms with Gasteiger partial charge < -0.3 is 19.9 Å². The molecule has 0 unspecified atom stereocenters. The Morgan fingerprint density at radius 3 is 2.30 bits per heavy atom. The summed E-state index contributed by atoms with van der Waals surface area (Å²) >= 11 is 0. The number of aromatic nitrogens is 3. The second-order valence-corrected chi connectivity index (χ2v) is 7.56. The molecule has 0 bridgehead atoms. The zero-order valence-corrected chi connectivity index (χ0v) is 18.1. The summed E-state index contributed by atoms with van der Waals surface area (Å²) < 4.78 is 45.1. The number of piperazine rings is 1. The van der Waals surface area contributed by atoms with Crippen LogP contribution < -0.4 is 15.0 Å². The van der Waals surface area contributed by atoms with Crippen LogP contribution in [0.15, 0.2) is 48.8 Å². The van der Waals surface area contributed by atoms with E-state index in [0.717, 1.165) is 29.4 Å². The standard InChI is InChI=1S/C22H23F3N6O2/c1-15-19(14-27-31(15)17-4-6-18(33-2)7-5-17)28-21(32)30-11-9-29(10-12-30)20-8-3-16(13-26-20)22(23,24)25/h3-8,13-14H,9-12H2,1-2H3,(H,28,32). The lowest BCUT2D eigenvalue weighted by molar-refractivity contribution is -0.137. The largest absolute Gasteiger partial charge is 0.497 e. The minimum Gasteiger partial charge on any atom is -0.497 e. The number of ether oxygens (including phenoxy) is 1. The smallest absolute Gasteiger partial charge is 0.417 e. The van der Waals surface area contributed by atoms with Gasteiger partial charge in [0.15, 0.2) is 0 Å². The summed E-state index contributed by atoms with van der Waals surface area (Å²) in [6, 6.07) is 9.53. The minimum absolute atomic E-state index is 0.257. The first-order chi connectivity index (χ1) is 15.8. The van der Waals surface area contributed by atoms with Crippen molar-refractivity contribution in [3.8, 4) is 11.4 Å². The zero-order valence-electron chi connectivity index (χ0n) is 18.1. The van der Waals surface area contributed by atoms with E-state index in [1.54, 1.807) is 22.9 Å². The molecule has 3 aromatic rings. The first kappa shape index (κ1) is 22.4. The predicted octanol–water partition coefficient (Wildman–Crippen LogP) is 3.96. The number of carbonyl (C=O) groups excluding carboxylic acids is 1. The van der Waals surface area contributed by atoms with Gasteiger partial charge in [-0.05, 0) is 43.3 Å². The topological polar surface area (TPSA) is 75.5 Å². The van der Waals surface area contributed by atoms with Crippen molar-refractivity contribution in [2.45, 2.75) is 13.1 Å². The molecule has 2 aromatic heterocycles. The predicted molar refractivity (Wildman–Crippen MR) is 117 cm³/mol. The number of halogens is 3. The third-order valence-electron chi connectivity index (χ3n) is 5.53. The van der Waals surface area contributed by atoms with E-state index in [1.165, 1.54) is 6.07 Å². The normalized spacial score (nSPS) is 14.3. The molecule has 174 valence electrons. The Bertz CT molecular complexity index is 1100. The van der Waals surface area contributed by atoms with Crippen LogP contribution in [0.4, 0.5) is 29.5 Å². The molecule has 0 atom stereocenters. The number of amides is 2. The number of hydrogen-bond donors (Lipinski definition) is 1. The highest BCUT2D eigenvalue weighted by Gasteiger charge is 2.31. The Hall–Kier alpha value is -3.76. The molecule has 1 aromatic carbocycles. The van der Waals surface area contributed by atoms with Crippen molar-refractivity contribution >= 4 is 17.5 Å². The lowest BCUT2D eigenvalue weighted by Crippen LogP contribution is -2.50. The highest BCUT2D eigenvalue weighted by molar-refractivity contribution is 5.90. The maximum atomic E-state index is 12.7. The zero-order chi connectivity index (χ0) is 23.6. The highest BCUT2D eigenvalue weighted by atomic mass is 19.4. The Labute approximate surface area is 188 Å². The van der Waals surface area contributed by atoms with E-state index in [9.17, 15) is 18.0 Å². The van der Waals surface area contributed by atoms with Crippen LogP contribution in [0.25, 0.3) is 5.69 Å². The Kier molecular flexibility index (Phi) is 6.12. The summed E-state index contributed by atoms with van der Waals surface area (Å²) in [5.74, 6) is 1.20.